The normalized spacial score (nSPS) is 20.3. The second-order valence-corrected chi connectivity index (χ2v) is 6.72. The van der Waals surface area contributed by atoms with Gasteiger partial charge >= 0.3 is 13.1 Å². The van der Waals surface area contributed by atoms with Crippen LogP contribution in [0, 0.1) is 5.82 Å². The van der Waals surface area contributed by atoms with Gasteiger partial charge in [-0.3, -0.25) is 4.79 Å². The number of rotatable bonds is 5. The topological polar surface area (TPSA) is 65.0 Å². The van der Waals surface area contributed by atoms with E-state index in [9.17, 15) is 14.3 Å². The Kier molecular flexibility index (Phi) is 4.73. The van der Waals surface area contributed by atoms with E-state index in [4.69, 9.17) is 14.0 Å². The van der Waals surface area contributed by atoms with E-state index in [1.807, 2.05) is 27.7 Å². The summed E-state index contributed by atoms with van der Waals surface area (Å²) in [7, 11) is 0.634. The van der Waals surface area contributed by atoms with Gasteiger partial charge in [-0.05, 0) is 45.4 Å². The average molecular weight is 324 g/mol. The van der Waals surface area contributed by atoms with Crippen molar-refractivity contribution < 1.29 is 28.3 Å². The third-order valence-electron chi connectivity index (χ3n) is 4.60. The molecule has 0 amide bonds. The first-order chi connectivity index (χ1) is 10.6. The molecule has 1 saturated heterocycles. The molecule has 0 spiro atoms. The Morgan fingerprint density at radius 1 is 1.30 bits per heavy atom. The van der Waals surface area contributed by atoms with Crippen molar-refractivity contribution in [2.75, 3.05) is 7.11 Å². The number of carbonyl (C=O) groups is 1. The molecule has 1 fully saturated rings. The van der Waals surface area contributed by atoms with E-state index in [1.165, 1.54) is 25.3 Å². The number of hydrogen-bond donors (Lipinski definition) is 1. The van der Waals surface area contributed by atoms with Crippen LogP contribution in [0.5, 0.6) is 5.75 Å². The van der Waals surface area contributed by atoms with Crippen molar-refractivity contribution in [1.82, 2.24) is 0 Å². The Labute approximate surface area is 135 Å². The van der Waals surface area contributed by atoms with Gasteiger partial charge in [0.2, 0.25) is 0 Å². The van der Waals surface area contributed by atoms with Crippen molar-refractivity contribution in [2.45, 2.75) is 51.1 Å². The molecule has 5 nitrogen and oxygen atoms in total. The van der Waals surface area contributed by atoms with Gasteiger partial charge in [-0.25, -0.2) is 4.39 Å². The Morgan fingerprint density at radius 2 is 1.87 bits per heavy atom. The molecule has 0 bridgehead atoms. The van der Waals surface area contributed by atoms with Gasteiger partial charge in [-0.1, -0.05) is 6.07 Å². The van der Waals surface area contributed by atoms with Crippen LogP contribution < -0.4 is 4.74 Å². The highest BCUT2D eigenvalue weighted by Gasteiger charge is 2.54. The van der Waals surface area contributed by atoms with Gasteiger partial charge in [0.1, 0.15) is 0 Å². The minimum atomic E-state index is -0.979. The standard InChI is InChI=1S/C16H22BFO5/c1-15(2)16(3,4)23-17(22-15)11(9-14(19)20)10-6-7-12(18)13(8-10)21-5/h6-8,11H,9H2,1-5H3,(H,19,20). The van der Waals surface area contributed by atoms with Crippen molar-refractivity contribution in [2.24, 2.45) is 0 Å². The monoisotopic (exact) mass is 324 g/mol. The average Bonchev–Trinajstić information content (AvgIpc) is 2.65. The Morgan fingerprint density at radius 3 is 2.35 bits per heavy atom. The molecule has 1 aliphatic rings. The van der Waals surface area contributed by atoms with Gasteiger partial charge < -0.3 is 19.2 Å². The van der Waals surface area contributed by atoms with Crippen LogP contribution in [0.4, 0.5) is 4.39 Å². The van der Waals surface area contributed by atoms with Crippen LogP contribution in [0.15, 0.2) is 18.2 Å². The molecular formula is C16H22BFO5. The number of methoxy groups -OCH3 is 1. The van der Waals surface area contributed by atoms with E-state index >= 15 is 0 Å². The minimum absolute atomic E-state index is 0.0643. The van der Waals surface area contributed by atoms with Crippen LogP contribution in [0.1, 0.15) is 45.5 Å². The van der Waals surface area contributed by atoms with Crippen LogP contribution in [0.25, 0.3) is 0 Å². The molecule has 0 radical (unpaired) electrons. The molecule has 0 saturated carbocycles. The number of carboxylic acids is 1. The van der Waals surface area contributed by atoms with Gasteiger partial charge in [-0.15, -0.1) is 0 Å². The zero-order valence-electron chi connectivity index (χ0n) is 14.1. The van der Waals surface area contributed by atoms with E-state index in [1.54, 1.807) is 0 Å². The number of aliphatic carboxylic acids is 1. The molecular weight excluding hydrogens is 302 g/mol. The molecule has 1 aromatic rings. The van der Waals surface area contributed by atoms with Crippen LogP contribution in [0.2, 0.25) is 0 Å². The van der Waals surface area contributed by atoms with Crippen LogP contribution in [-0.4, -0.2) is 36.5 Å². The molecule has 7 heteroatoms. The number of halogens is 1. The summed E-state index contributed by atoms with van der Waals surface area (Å²) >= 11 is 0. The van der Waals surface area contributed by atoms with Gasteiger partial charge in [0, 0.05) is 5.82 Å². The van der Waals surface area contributed by atoms with Crippen molar-refractivity contribution in [3.63, 3.8) is 0 Å². The molecule has 23 heavy (non-hydrogen) atoms. The smallest absolute Gasteiger partial charge is 0.466 e. The summed E-state index contributed by atoms with van der Waals surface area (Å²) in [5, 5.41) is 9.23. The van der Waals surface area contributed by atoms with Crippen LogP contribution >= 0.6 is 0 Å². The highest BCUT2D eigenvalue weighted by molar-refractivity contribution is 6.48. The Bertz CT molecular complexity index is 586. The molecule has 126 valence electrons. The van der Waals surface area contributed by atoms with Gasteiger partial charge in [0.05, 0.1) is 24.7 Å². The maximum absolute atomic E-state index is 13.6. The molecule has 1 unspecified atom stereocenters. The fourth-order valence-corrected chi connectivity index (χ4v) is 2.52. The maximum atomic E-state index is 13.6. The van der Waals surface area contributed by atoms with Crippen molar-refractivity contribution in [3.05, 3.63) is 29.6 Å². The van der Waals surface area contributed by atoms with E-state index in [2.05, 4.69) is 0 Å². The van der Waals surface area contributed by atoms with Crippen LogP contribution in [0.3, 0.4) is 0 Å². The van der Waals surface area contributed by atoms with Gasteiger partial charge in [0.25, 0.3) is 0 Å². The summed E-state index contributed by atoms with van der Waals surface area (Å²) in [6, 6.07) is 4.29. The second-order valence-electron chi connectivity index (χ2n) is 6.72. The highest BCUT2D eigenvalue weighted by Crippen LogP contribution is 2.42. The summed E-state index contributed by atoms with van der Waals surface area (Å²) in [6.07, 6.45) is -0.189. The highest BCUT2D eigenvalue weighted by atomic mass is 19.1. The lowest BCUT2D eigenvalue weighted by Crippen LogP contribution is -2.41. The molecule has 2 rings (SSSR count). The Hall–Kier alpha value is -1.60. The van der Waals surface area contributed by atoms with Gasteiger partial charge in [0.15, 0.2) is 11.6 Å². The minimum Gasteiger partial charge on any atom is -0.494 e. The molecule has 1 heterocycles. The zero-order chi connectivity index (χ0) is 17.4. The lowest BCUT2D eigenvalue weighted by molar-refractivity contribution is -0.137. The predicted molar refractivity (Wildman–Crippen MR) is 84.0 cm³/mol. The molecule has 1 aliphatic heterocycles. The van der Waals surface area contributed by atoms with Crippen molar-refractivity contribution in [1.29, 1.82) is 0 Å². The summed E-state index contributed by atoms with van der Waals surface area (Å²) in [5.74, 6) is -1.98. The predicted octanol–water partition coefficient (Wildman–Crippen LogP) is 3.02. The van der Waals surface area contributed by atoms with E-state index in [-0.39, 0.29) is 12.2 Å². The quantitative estimate of drug-likeness (QED) is 0.844. The van der Waals surface area contributed by atoms with E-state index in [0.29, 0.717) is 5.56 Å². The largest absolute Gasteiger partial charge is 0.494 e. The first-order valence-electron chi connectivity index (χ1n) is 7.48. The molecule has 0 aliphatic carbocycles. The second kappa shape index (κ2) is 6.13. The fraction of sp³-hybridized carbons (Fsp3) is 0.562. The lowest BCUT2D eigenvalue weighted by Gasteiger charge is -2.32. The van der Waals surface area contributed by atoms with Crippen LogP contribution in [-0.2, 0) is 14.1 Å². The molecule has 1 aromatic carbocycles. The third kappa shape index (κ3) is 3.51. The van der Waals surface area contributed by atoms with E-state index in [0.717, 1.165) is 0 Å². The number of carboxylic acid groups (broad SMARTS) is 1. The molecule has 0 aromatic heterocycles. The maximum Gasteiger partial charge on any atom is 0.466 e. The summed E-state index contributed by atoms with van der Waals surface area (Å²) in [4.78, 5) is 11.3. The van der Waals surface area contributed by atoms with E-state index < -0.39 is 35.9 Å². The number of benzene rings is 1. The summed E-state index contributed by atoms with van der Waals surface area (Å²) in [6.45, 7) is 7.60. The number of hydrogen-bond acceptors (Lipinski definition) is 4. The SMILES string of the molecule is COc1cc(C(CC(=O)O)B2OC(C)(C)C(C)(C)O2)ccc1F. The van der Waals surface area contributed by atoms with Crippen molar-refractivity contribution in [3.8, 4) is 5.75 Å². The van der Waals surface area contributed by atoms with Gasteiger partial charge in [-0.2, -0.15) is 0 Å². The fourth-order valence-electron chi connectivity index (χ4n) is 2.52. The first-order valence-corrected chi connectivity index (χ1v) is 7.48. The zero-order valence-corrected chi connectivity index (χ0v) is 14.1. The van der Waals surface area contributed by atoms with Crippen molar-refractivity contribution >= 4 is 13.1 Å². The molecule has 1 atom stereocenters. The summed E-state index contributed by atoms with van der Waals surface area (Å²) < 4.78 is 30.5. The Balaban J connectivity index is 2.37. The molecule has 1 N–H and O–H groups in total. The lowest BCUT2D eigenvalue weighted by atomic mass is 9.66. The first kappa shape index (κ1) is 17.8. The summed E-state index contributed by atoms with van der Waals surface area (Å²) in [5.41, 5.74) is -0.541. The third-order valence-corrected chi connectivity index (χ3v) is 4.60. The number of ether oxygens (including phenoxy) is 1.